The normalized spacial score (nSPS) is 11.4. The summed E-state index contributed by atoms with van der Waals surface area (Å²) in [6.45, 7) is 10.4. The van der Waals surface area contributed by atoms with Gasteiger partial charge in [-0.3, -0.25) is 9.79 Å². The molecule has 0 aliphatic carbocycles. The zero-order valence-corrected chi connectivity index (χ0v) is 17.9. The molecule has 1 aromatic carbocycles. The number of benzene rings is 1. The van der Waals surface area contributed by atoms with E-state index in [4.69, 9.17) is 9.47 Å². The largest absolute Gasteiger partial charge is 0.379 e. The number of hydrogen-bond donors (Lipinski definition) is 3. The lowest BCUT2D eigenvalue weighted by Gasteiger charge is -2.12. The first-order valence-corrected chi connectivity index (χ1v) is 10.3. The molecule has 7 nitrogen and oxygen atoms in total. The predicted molar refractivity (Wildman–Crippen MR) is 114 cm³/mol. The van der Waals surface area contributed by atoms with E-state index < -0.39 is 0 Å². The number of carbonyl (C=O) groups excluding carboxylic acids is 1. The maximum atomic E-state index is 13.6. The van der Waals surface area contributed by atoms with Crippen molar-refractivity contribution in [3.63, 3.8) is 0 Å². The fourth-order valence-electron chi connectivity index (χ4n) is 2.33. The third-order valence-corrected chi connectivity index (χ3v) is 4.00. The molecule has 0 heterocycles. The van der Waals surface area contributed by atoms with Crippen LogP contribution in [0.4, 0.5) is 4.39 Å². The summed E-state index contributed by atoms with van der Waals surface area (Å²) in [4.78, 5) is 16.5. The molecule has 164 valence electrons. The van der Waals surface area contributed by atoms with Gasteiger partial charge < -0.3 is 25.4 Å². The van der Waals surface area contributed by atoms with Crippen molar-refractivity contribution < 1.29 is 18.7 Å². The van der Waals surface area contributed by atoms with Gasteiger partial charge in [-0.05, 0) is 38.0 Å². The fraction of sp³-hybridized carbons (Fsp3) is 0.619. The van der Waals surface area contributed by atoms with E-state index in [-0.39, 0.29) is 11.7 Å². The predicted octanol–water partition coefficient (Wildman–Crippen LogP) is 2.25. The van der Waals surface area contributed by atoms with Crippen LogP contribution in [0.15, 0.2) is 23.2 Å². The first kappa shape index (κ1) is 24.8. The average molecular weight is 411 g/mol. The second-order valence-electron chi connectivity index (χ2n) is 6.49. The highest BCUT2D eigenvalue weighted by molar-refractivity contribution is 5.94. The second kappa shape index (κ2) is 15.7. The summed E-state index contributed by atoms with van der Waals surface area (Å²) >= 11 is 0. The molecule has 1 amide bonds. The van der Waals surface area contributed by atoms with Gasteiger partial charge in [-0.2, -0.15) is 0 Å². The number of carbonyl (C=O) groups is 1. The Morgan fingerprint density at radius 2 is 1.76 bits per heavy atom. The first-order chi connectivity index (χ1) is 14.1. The molecular weight excluding hydrogens is 375 g/mol. The molecule has 0 radical (unpaired) electrons. The summed E-state index contributed by atoms with van der Waals surface area (Å²) in [5, 5.41) is 9.04. The molecule has 0 spiro atoms. The molecule has 0 unspecified atom stereocenters. The first-order valence-electron chi connectivity index (χ1n) is 10.3. The lowest BCUT2D eigenvalue weighted by molar-refractivity contribution is 0.0497. The highest BCUT2D eigenvalue weighted by atomic mass is 19.1. The maximum Gasteiger partial charge on any atom is 0.251 e. The minimum atomic E-state index is -0.382. The van der Waals surface area contributed by atoms with Crippen molar-refractivity contribution in [1.29, 1.82) is 0 Å². The van der Waals surface area contributed by atoms with Crippen molar-refractivity contribution in [3.05, 3.63) is 35.1 Å². The third-order valence-electron chi connectivity index (χ3n) is 4.00. The second-order valence-corrected chi connectivity index (χ2v) is 6.49. The molecule has 0 aliphatic heterocycles. The van der Waals surface area contributed by atoms with Crippen molar-refractivity contribution in [2.75, 3.05) is 52.6 Å². The third kappa shape index (κ3) is 11.4. The van der Waals surface area contributed by atoms with Gasteiger partial charge in [-0.1, -0.05) is 19.4 Å². The molecule has 29 heavy (non-hydrogen) atoms. The smallest absolute Gasteiger partial charge is 0.251 e. The van der Waals surface area contributed by atoms with Crippen LogP contribution in [0.25, 0.3) is 0 Å². The number of ether oxygens (including phenoxy) is 2. The van der Waals surface area contributed by atoms with Crippen LogP contribution in [0.2, 0.25) is 0 Å². The molecule has 0 saturated carbocycles. The van der Waals surface area contributed by atoms with Crippen molar-refractivity contribution >= 4 is 11.9 Å². The summed E-state index contributed by atoms with van der Waals surface area (Å²) in [7, 11) is 0. The van der Waals surface area contributed by atoms with Crippen LogP contribution in [-0.4, -0.2) is 64.5 Å². The van der Waals surface area contributed by atoms with E-state index in [1.54, 1.807) is 19.1 Å². The summed E-state index contributed by atoms with van der Waals surface area (Å²) in [5.41, 5.74) is 0.826. The monoisotopic (exact) mass is 410 g/mol. The Morgan fingerprint density at radius 1 is 1.03 bits per heavy atom. The number of hydrogen-bond acceptors (Lipinski definition) is 4. The number of guanidine groups is 1. The summed E-state index contributed by atoms with van der Waals surface area (Å²) < 4.78 is 24.5. The standard InChI is InChI=1S/C21H35FN4O3/c1-4-6-12-28-14-15-29-13-11-26-21(23-5-2)25-10-9-24-20(27)18-8-7-17(3)19(22)16-18/h7-8,16H,4-6,9-15H2,1-3H3,(H,24,27)(H2,23,25,26). The molecule has 1 rings (SSSR count). The number of amides is 1. The van der Waals surface area contributed by atoms with E-state index in [1.807, 2.05) is 6.92 Å². The Labute approximate surface area is 173 Å². The lowest BCUT2D eigenvalue weighted by atomic mass is 10.1. The van der Waals surface area contributed by atoms with Gasteiger partial charge in [0.05, 0.1) is 26.4 Å². The zero-order chi connectivity index (χ0) is 21.3. The molecule has 0 saturated heterocycles. The van der Waals surface area contributed by atoms with Gasteiger partial charge in [0.15, 0.2) is 5.96 Å². The Kier molecular flexibility index (Phi) is 13.5. The Hall–Kier alpha value is -2.19. The van der Waals surface area contributed by atoms with Crippen molar-refractivity contribution in [3.8, 4) is 0 Å². The fourth-order valence-corrected chi connectivity index (χ4v) is 2.33. The number of rotatable bonds is 14. The zero-order valence-electron chi connectivity index (χ0n) is 17.9. The number of aliphatic imine (C=N–C) groups is 1. The topological polar surface area (TPSA) is 84.0 Å². The van der Waals surface area contributed by atoms with Crippen molar-refractivity contribution in [2.24, 2.45) is 4.99 Å². The summed E-state index contributed by atoms with van der Waals surface area (Å²) in [6.07, 6.45) is 2.20. The van der Waals surface area contributed by atoms with Gasteiger partial charge in [0.1, 0.15) is 5.82 Å². The van der Waals surface area contributed by atoms with E-state index >= 15 is 0 Å². The molecule has 1 aromatic rings. The van der Waals surface area contributed by atoms with Crippen LogP contribution in [0, 0.1) is 12.7 Å². The maximum absolute atomic E-state index is 13.6. The molecule has 0 aromatic heterocycles. The van der Waals surface area contributed by atoms with Gasteiger partial charge in [-0.15, -0.1) is 0 Å². The average Bonchev–Trinajstić information content (AvgIpc) is 2.71. The van der Waals surface area contributed by atoms with Crippen LogP contribution in [0.3, 0.4) is 0 Å². The number of nitrogens with zero attached hydrogens (tertiary/aromatic N) is 1. The van der Waals surface area contributed by atoms with Crippen LogP contribution in [0.1, 0.15) is 42.6 Å². The van der Waals surface area contributed by atoms with Gasteiger partial charge in [0, 0.05) is 31.8 Å². The number of halogens is 1. The van der Waals surface area contributed by atoms with Crippen molar-refractivity contribution in [1.82, 2.24) is 16.0 Å². The quantitative estimate of drug-likeness (QED) is 0.249. The van der Waals surface area contributed by atoms with E-state index in [0.29, 0.717) is 56.5 Å². The van der Waals surface area contributed by atoms with Gasteiger partial charge >= 0.3 is 0 Å². The van der Waals surface area contributed by atoms with Gasteiger partial charge in [-0.25, -0.2) is 4.39 Å². The van der Waals surface area contributed by atoms with Gasteiger partial charge in [0.25, 0.3) is 5.91 Å². The summed E-state index contributed by atoms with van der Waals surface area (Å²) in [6, 6.07) is 4.46. The SMILES string of the molecule is CCCCOCCOCCN=C(NCC)NCCNC(=O)c1ccc(C)c(F)c1. The summed E-state index contributed by atoms with van der Waals surface area (Å²) in [5.74, 6) is -0.0276. The molecule has 0 bridgehead atoms. The Balaban J connectivity index is 2.21. The lowest BCUT2D eigenvalue weighted by Crippen LogP contribution is -2.41. The van der Waals surface area contributed by atoms with E-state index in [1.165, 1.54) is 6.07 Å². The molecule has 0 atom stereocenters. The van der Waals surface area contributed by atoms with Crippen LogP contribution >= 0.6 is 0 Å². The van der Waals surface area contributed by atoms with E-state index in [9.17, 15) is 9.18 Å². The van der Waals surface area contributed by atoms with E-state index in [2.05, 4.69) is 27.9 Å². The Morgan fingerprint density at radius 3 is 2.45 bits per heavy atom. The number of aryl methyl sites for hydroxylation is 1. The highest BCUT2D eigenvalue weighted by Gasteiger charge is 2.07. The number of unbranched alkanes of at least 4 members (excludes halogenated alkanes) is 1. The molecule has 0 aliphatic rings. The van der Waals surface area contributed by atoms with Crippen LogP contribution in [-0.2, 0) is 9.47 Å². The molecule has 3 N–H and O–H groups in total. The number of nitrogens with one attached hydrogen (secondary N) is 3. The molecule has 8 heteroatoms. The van der Waals surface area contributed by atoms with E-state index in [0.717, 1.165) is 26.0 Å². The highest BCUT2D eigenvalue weighted by Crippen LogP contribution is 2.08. The van der Waals surface area contributed by atoms with Crippen LogP contribution < -0.4 is 16.0 Å². The minimum absolute atomic E-state index is 0.304. The Bertz CT molecular complexity index is 626. The van der Waals surface area contributed by atoms with Gasteiger partial charge in [0.2, 0.25) is 0 Å². The molecule has 0 fully saturated rings. The van der Waals surface area contributed by atoms with Crippen LogP contribution in [0.5, 0.6) is 0 Å². The molecular formula is C21H35FN4O3. The van der Waals surface area contributed by atoms with Crippen molar-refractivity contribution in [2.45, 2.75) is 33.6 Å². The minimum Gasteiger partial charge on any atom is -0.379 e.